The van der Waals surface area contributed by atoms with Crippen LogP contribution in [0, 0.1) is 18.8 Å². The predicted molar refractivity (Wildman–Crippen MR) is 89.5 cm³/mol. The molecule has 22 heavy (non-hydrogen) atoms. The number of anilines is 1. The second kappa shape index (κ2) is 6.30. The molecular formula is C19H22N2O. The van der Waals surface area contributed by atoms with E-state index < -0.39 is 0 Å². The molecule has 1 fully saturated rings. The first-order valence-corrected chi connectivity index (χ1v) is 7.98. The molecule has 1 amide bonds. The Labute approximate surface area is 131 Å². The van der Waals surface area contributed by atoms with Crippen molar-refractivity contribution >= 4 is 11.6 Å². The average Bonchev–Trinajstić information content (AvgIpc) is 2.96. The molecule has 3 nitrogen and oxygen atoms in total. The molecule has 0 saturated heterocycles. The number of rotatable bonds is 3. The molecule has 1 aromatic carbocycles. The van der Waals surface area contributed by atoms with Gasteiger partial charge in [0.2, 0.25) is 5.91 Å². The lowest BCUT2D eigenvalue weighted by molar-refractivity contribution is -0.120. The van der Waals surface area contributed by atoms with Crippen molar-refractivity contribution in [3.05, 3.63) is 48.2 Å². The van der Waals surface area contributed by atoms with E-state index >= 15 is 0 Å². The Morgan fingerprint density at radius 1 is 1.23 bits per heavy atom. The van der Waals surface area contributed by atoms with E-state index in [1.807, 2.05) is 36.4 Å². The Morgan fingerprint density at radius 2 is 2.09 bits per heavy atom. The van der Waals surface area contributed by atoms with Gasteiger partial charge in [0, 0.05) is 23.4 Å². The molecule has 1 saturated carbocycles. The summed E-state index contributed by atoms with van der Waals surface area (Å²) in [7, 11) is 0. The molecule has 1 N–H and O–H groups in total. The van der Waals surface area contributed by atoms with Crippen LogP contribution in [0.3, 0.4) is 0 Å². The van der Waals surface area contributed by atoms with Crippen LogP contribution in [0.25, 0.3) is 11.3 Å². The Hall–Kier alpha value is -2.16. The minimum absolute atomic E-state index is 0.152. The average molecular weight is 294 g/mol. The van der Waals surface area contributed by atoms with E-state index in [-0.39, 0.29) is 11.8 Å². The second-order valence-electron chi connectivity index (χ2n) is 6.25. The summed E-state index contributed by atoms with van der Waals surface area (Å²) in [4.78, 5) is 16.8. The zero-order valence-electron chi connectivity index (χ0n) is 13.2. The van der Waals surface area contributed by atoms with E-state index in [0.717, 1.165) is 41.8 Å². The minimum Gasteiger partial charge on any atom is -0.326 e. The normalized spacial score (nSPS) is 20.8. The van der Waals surface area contributed by atoms with E-state index in [9.17, 15) is 4.79 Å². The largest absolute Gasteiger partial charge is 0.326 e. The fourth-order valence-electron chi connectivity index (χ4n) is 3.27. The first kappa shape index (κ1) is 14.8. The van der Waals surface area contributed by atoms with Crippen molar-refractivity contribution in [2.75, 3.05) is 5.32 Å². The highest BCUT2D eigenvalue weighted by atomic mass is 16.1. The van der Waals surface area contributed by atoms with Crippen molar-refractivity contribution in [3.63, 3.8) is 0 Å². The van der Waals surface area contributed by atoms with Crippen LogP contribution >= 0.6 is 0 Å². The molecule has 0 aliphatic heterocycles. The van der Waals surface area contributed by atoms with Crippen LogP contribution in [0.1, 0.15) is 31.7 Å². The molecule has 0 radical (unpaired) electrons. The topological polar surface area (TPSA) is 42.0 Å². The number of aromatic nitrogens is 1. The Kier molecular flexibility index (Phi) is 4.23. The summed E-state index contributed by atoms with van der Waals surface area (Å²) in [5.41, 5.74) is 4.02. The van der Waals surface area contributed by atoms with Crippen LogP contribution in [0.5, 0.6) is 0 Å². The molecule has 1 heterocycles. The summed E-state index contributed by atoms with van der Waals surface area (Å²) in [6.45, 7) is 4.24. The van der Waals surface area contributed by atoms with Crippen LogP contribution in [0.15, 0.2) is 42.6 Å². The first-order chi connectivity index (χ1) is 10.6. The quantitative estimate of drug-likeness (QED) is 0.909. The number of nitrogens with zero attached hydrogens (tertiary/aromatic N) is 1. The number of benzene rings is 1. The molecule has 1 aromatic heterocycles. The summed E-state index contributed by atoms with van der Waals surface area (Å²) in [5, 5.41) is 3.08. The van der Waals surface area contributed by atoms with Gasteiger partial charge in [0.05, 0.1) is 5.69 Å². The summed E-state index contributed by atoms with van der Waals surface area (Å²) >= 11 is 0. The zero-order valence-corrected chi connectivity index (χ0v) is 13.2. The predicted octanol–water partition coefficient (Wildman–Crippen LogP) is 4.43. The zero-order chi connectivity index (χ0) is 15.5. The van der Waals surface area contributed by atoms with E-state index in [0.29, 0.717) is 5.92 Å². The van der Waals surface area contributed by atoms with Gasteiger partial charge in [0.25, 0.3) is 0 Å². The Morgan fingerprint density at radius 3 is 2.77 bits per heavy atom. The molecule has 0 bridgehead atoms. The summed E-state index contributed by atoms with van der Waals surface area (Å²) in [6, 6.07) is 11.9. The molecule has 0 spiro atoms. The molecule has 1 aliphatic rings. The maximum Gasteiger partial charge on any atom is 0.227 e. The molecule has 1 unspecified atom stereocenters. The van der Waals surface area contributed by atoms with Gasteiger partial charge in [-0.2, -0.15) is 0 Å². The summed E-state index contributed by atoms with van der Waals surface area (Å²) in [5.74, 6) is 0.793. The molecule has 114 valence electrons. The minimum atomic E-state index is 0.152. The van der Waals surface area contributed by atoms with Crippen molar-refractivity contribution in [1.29, 1.82) is 0 Å². The molecule has 3 rings (SSSR count). The van der Waals surface area contributed by atoms with E-state index in [1.165, 1.54) is 0 Å². The lowest BCUT2D eigenvalue weighted by Crippen LogP contribution is -2.24. The Bertz CT molecular complexity index is 666. The third-order valence-corrected chi connectivity index (χ3v) is 4.64. The first-order valence-electron chi connectivity index (χ1n) is 7.98. The molecule has 1 aliphatic carbocycles. The van der Waals surface area contributed by atoms with Crippen molar-refractivity contribution < 1.29 is 4.79 Å². The number of hydrogen-bond acceptors (Lipinski definition) is 2. The molecule has 2 atom stereocenters. The van der Waals surface area contributed by atoms with Gasteiger partial charge in [0.15, 0.2) is 0 Å². The van der Waals surface area contributed by atoms with Crippen LogP contribution in [-0.4, -0.2) is 10.9 Å². The van der Waals surface area contributed by atoms with E-state index in [1.54, 1.807) is 6.20 Å². The van der Waals surface area contributed by atoms with Gasteiger partial charge >= 0.3 is 0 Å². The number of aryl methyl sites for hydroxylation is 1. The number of amides is 1. The molecular weight excluding hydrogens is 272 g/mol. The second-order valence-corrected chi connectivity index (χ2v) is 6.25. The number of pyridine rings is 1. The number of nitrogens with one attached hydrogen (secondary N) is 1. The maximum atomic E-state index is 12.4. The van der Waals surface area contributed by atoms with Gasteiger partial charge in [-0.3, -0.25) is 9.78 Å². The SMILES string of the molecule is Cc1ccc(NC(=O)C2CCC[C@H]2C)cc1-c1ccccn1. The maximum absolute atomic E-state index is 12.4. The van der Waals surface area contributed by atoms with Gasteiger partial charge in [-0.15, -0.1) is 0 Å². The summed E-state index contributed by atoms with van der Waals surface area (Å²) in [6.07, 6.45) is 5.11. The smallest absolute Gasteiger partial charge is 0.227 e. The van der Waals surface area contributed by atoms with Gasteiger partial charge in [-0.1, -0.05) is 25.5 Å². The highest BCUT2D eigenvalue weighted by molar-refractivity contribution is 5.93. The number of carbonyl (C=O) groups excluding carboxylic acids is 1. The van der Waals surface area contributed by atoms with E-state index in [2.05, 4.69) is 24.1 Å². The number of carbonyl (C=O) groups is 1. The number of hydrogen-bond donors (Lipinski definition) is 1. The van der Waals surface area contributed by atoms with Gasteiger partial charge in [-0.25, -0.2) is 0 Å². The van der Waals surface area contributed by atoms with Gasteiger partial charge in [0.1, 0.15) is 0 Å². The third-order valence-electron chi connectivity index (χ3n) is 4.64. The highest BCUT2D eigenvalue weighted by Crippen LogP contribution is 2.32. The molecule has 2 aromatic rings. The fourth-order valence-corrected chi connectivity index (χ4v) is 3.27. The summed E-state index contributed by atoms with van der Waals surface area (Å²) < 4.78 is 0. The van der Waals surface area contributed by atoms with Crippen molar-refractivity contribution in [1.82, 2.24) is 4.98 Å². The van der Waals surface area contributed by atoms with Crippen LogP contribution < -0.4 is 5.32 Å². The Balaban J connectivity index is 1.82. The van der Waals surface area contributed by atoms with Crippen LogP contribution in [-0.2, 0) is 4.79 Å². The fraction of sp³-hybridized carbons (Fsp3) is 0.368. The monoisotopic (exact) mass is 294 g/mol. The standard InChI is InChI=1S/C19H22N2O/c1-13-6-5-7-16(13)19(22)21-15-10-9-14(2)17(12-15)18-8-3-4-11-20-18/h3-4,8-13,16H,5-7H2,1-2H3,(H,21,22)/t13-,16?/m1/s1. The third kappa shape index (κ3) is 3.03. The molecule has 3 heteroatoms. The van der Waals surface area contributed by atoms with Crippen LogP contribution in [0.2, 0.25) is 0 Å². The highest BCUT2D eigenvalue weighted by Gasteiger charge is 2.29. The van der Waals surface area contributed by atoms with E-state index in [4.69, 9.17) is 0 Å². The lowest BCUT2D eigenvalue weighted by Gasteiger charge is -2.16. The van der Waals surface area contributed by atoms with Gasteiger partial charge < -0.3 is 5.32 Å². The van der Waals surface area contributed by atoms with Crippen molar-refractivity contribution in [3.8, 4) is 11.3 Å². The van der Waals surface area contributed by atoms with Crippen molar-refractivity contribution in [2.24, 2.45) is 11.8 Å². The van der Waals surface area contributed by atoms with Crippen molar-refractivity contribution in [2.45, 2.75) is 33.1 Å². The van der Waals surface area contributed by atoms with Crippen LogP contribution in [0.4, 0.5) is 5.69 Å². The van der Waals surface area contributed by atoms with Gasteiger partial charge in [-0.05, 0) is 55.5 Å². The lowest BCUT2D eigenvalue weighted by atomic mass is 9.97.